The fourth-order valence-electron chi connectivity index (χ4n) is 8.78. The van der Waals surface area contributed by atoms with Crippen LogP contribution < -0.4 is 5.32 Å². The Morgan fingerprint density at radius 2 is 1.80 bits per heavy atom. The van der Waals surface area contributed by atoms with Gasteiger partial charge in [-0.2, -0.15) is 0 Å². The van der Waals surface area contributed by atoms with E-state index in [0.717, 1.165) is 47.0 Å². The maximum atomic E-state index is 4.10. The first-order valence-electron chi connectivity index (χ1n) is 9.11. The molecule has 5 saturated carbocycles. The van der Waals surface area contributed by atoms with E-state index in [1.54, 1.807) is 51.4 Å². The Morgan fingerprint density at radius 1 is 0.850 bits per heavy atom. The van der Waals surface area contributed by atoms with Crippen LogP contribution in [-0.2, 0) is 0 Å². The van der Waals surface area contributed by atoms with Crippen LogP contribution in [0.3, 0.4) is 0 Å². The van der Waals surface area contributed by atoms with Crippen molar-refractivity contribution in [1.82, 2.24) is 5.32 Å². The summed E-state index contributed by atoms with van der Waals surface area (Å²) in [5.41, 5.74) is 0.798. The van der Waals surface area contributed by atoms with Gasteiger partial charge in [0.05, 0.1) is 0 Å². The van der Waals surface area contributed by atoms with Crippen molar-refractivity contribution in [3.8, 4) is 0 Å². The summed E-state index contributed by atoms with van der Waals surface area (Å²) in [6, 6.07) is 0.956. The molecule has 0 aromatic heterocycles. The van der Waals surface area contributed by atoms with Crippen molar-refractivity contribution < 1.29 is 4.70 Å². The lowest BCUT2D eigenvalue weighted by Crippen LogP contribution is -2.64. The van der Waals surface area contributed by atoms with Crippen LogP contribution in [0.15, 0.2) is 0 Å². The van der Waals surface area contributed by atoms with Crippen molar-refractivity contribution in [1.29, 1.82) is 0 Å². The third kappa shape index (κ3) is 1.14. The first kappa shape index (κ1) is 12.4. The Morgan fingerprint density at radius 3 is 2.75 bits per heavy atom. The number of halogens is 1. The zero-order chi connectivity index (χ0) is 12.2. The number of fused-ring (bicyclic) bond motifs is 2. The maximum Gasteiger partial charge on any atom is 0.0160 e. The summed E-state index contributed by atoms with van der Waals surface area (Å²) in [7, 11) is 0. The van der Waals surface area contributed by atoms with E-state index >= 15 is 0 Å². The first-order valence-corrected chi connectivity index (χ1v) is 9.11. The fourth-order valence-corrected chi connectivity index (χ4v) is 8.78. The minimum Gasteiger partial charge on any atom is -0.313 e. The van der Waals surface area contributed by atoms with Crippen LogP contribution in [0, 0.1) is 46.8 Å². The van der Waals surface area contributed by atoms with E-state index in [0.29, 0.717) is 0 Å². The summed E-state index contributed by atoms with van der Waals surface area (Å²) in [6.45, 7) is 1.38. The largest absolute Gasteiger partial charge is 0.313 e. The lowest BCUT2D eigenvalue weighted by molar-refractivity contribution is -0.0895. The summed E-state index contributed by atoms with van der Waals surface area (Å²) < 4.78 is 0. The van der Waals surface area contributed by atoms with Crippen molar-refractivity contribution in [2.75, 3.05) is 6.54 Å². The standard InChI is InChI=1S/C18H27N.FH/c1-2-11-9-19-17-14-8-15(11)18(17,5-1)16-7-10-3-4-12(14)13(16)6-10;/h10-17,19H,1-9H2;1H/t10-,11+,12+,13-,14-,15-,16-,17-,18+;/m1./s1. The van der Waals surface area contributed by atoms with Gasteiger partial charge in [0.15, 0.2) is 0 Å². The molecule has 1 nitrogen and oxygen atoms in total. The molecular formula is C18H28FN. The van der Waals surface area contributed by atoms with Gasteiger partial charge in [-0.25, -0.2) is 0 Å². The first-order chi connectivity index (χ1) is 9.38. The van der Waals surface area contributed by atoms with Crippen molar-refractivity contribution >= 4 is 0 Å². The number of hydrogen-bond acceptors (Lipinski definition) is 1. The normalized spacial score (nSPS) is 64.8. The Labute approximate surface area is 121 Å². The molecular weight excluding hydrogens is 249 g/mol. The number of rotatable bonds is 0. The minimum atomic E-state index is 0. The smallest absolute Gasteiger partial charge is 0.0160 e. The molecule has 0 aromatic rings. The zero-order valence-electron chi connectivity index (χ0n) is 12.4. The van der Waals surface area contributed by atoms with Crippen LogP contribution in [0.2, 0.25) is 0 Å². The highest BCUT2D eigenvalue weighted by Gasteiger charge is 2.71. The molecule has 9 atom stereocenters. The van der Waals surface area contributed by atoms with Crippen molar-refractivity contribution in [3.63, 3.8) is 0 Å². The van der Waals surface area contributed by atoms with Gasteiger partial charge >= 0.3 is 0 Å². The number of nitrogens with one attached hydrogen (secondary N) is 1. The van der Waals surface area contributed by atoms with E-state index in [9.17, 15) is 0 Å². The van der Waals surface area contributed by atoms with Crippen LogP contribution in [0.5, 0.6) is 0 Å². The van der Waals surface area contributed by atoms with E-state index in [4.69, 9.17) is 0 Å². The molecule has 6 aliphatic rings. The summed E-state index contributed by atoms with van der Waals surface area (Å²) in [4.78, 5) is 0. The van der Waals surface area contributed by atoms with E-state index in [1.807, 2.05) is 0 Å². The van der Waals surface area contributed by atoms with Gasteiger partial charge in [0, 0.05) is 6.04 Å². The van der Waals surface area contributed by atoms with Gasteiger partial charge in [-0.3, -0.25) is 4.70 Å². The second-order valence-electron chi connectivity index (χ2n) is 9.01. The number of piperidine rings is 1. The van der Waals surface area contributed by atoms with Gasteiger partial charge in [-0.15, -0.1) is 0 Å². The molecule has 0 aromatic carbocycles. The lowest BCUT2D eigenvalue weighted by Gasteiger charge is -2.60. The van der Waals surface area contributed by atoms with Crippen LogP contribution >= 0.6 is 0 Å². The van der Waals surface area contributed by atoms with Gasteiger partial charge < -0.3 is 5.32 Å². The summed E-state index contributed by atoms with van der Waals surface area (Å²) in [5.74, 6) is 7.89. The molecule has 1 aliphatic heterocycles. The molecule has 0 unspecified atom stereocenters. The predicted octanol–water partition coefficient (Wildman–Crippen LogP) is 3.60. The Balaban J connectivity index is 0.000000960. The highest BCUT2D eigenvalue weighted by Crippen LogP contribution is 2.74. The van der Waals surface area contributed by atoms with Gasteiger partial charge in [0.25, 0.3) is 0 Å². The Hall–Kier alpha value is -0.110. The third-order valence-electron chi connectivity index (χ3n) is 8.99. The van der Waals surface area contributed by atoms with Crippen LogP contribution in [-0.4, -0.2) is 12.6 Å². The summed E-state index contributed by atoms with van der Waals surface area (Å²) >= 11 is 0. The molecule has 112 valence electrons. The topological polar surface area (TPSA) is 12.0 Å². The second-order valence-corrected chi connectivity index (χ2v) is 9.01. The molecule has 1 N–H and O–H groups in total. The summed E-state index contributed by atoms with van der Waals surface area (Å²) in [5, 5.41) is 4.10. The van der Waals surface area contributed by atoms with Gasteiger partial charge in [0.1, 0.15) is 0 Å². The predicted molar refractivity (Wildman–Crippen MR) is 78.1 cm³/mol. The average molecular weight is 277 g/mol. The highest BCUT2D eigenvalue weighted by molar-refractivity contribution is 5.22. The number of hydrogen-bond donors (Lipinski definition) is 1. The SMILES string of the molecule is C1C[C@H]2CN[C@@H]3[C@@H]4C[C@H]2[C@@]3(C1)[C@@H]1C[C@@H]2CC[C@H]4[C@H]1C2.F. The third-order valence-corrected chi connectivity index (χ3v) is 8.99. The highest BCUT2D eigenvalue weighted by atomic mass is 19.0. The molecule has 1 heterocycles. The van der Waals surface area contributed by atoms with Crippen LogP contribution in [0.25, 0.3) is 0 Å². The minimum absolute atomic E-state index is 0. The maximum absolute atomic E-state index is 4.10. The molecule has 1 saturated heterocycles. The van der Waals surface area contributed by atoms with E-state index < -0.39 is 0 Å². The molecule has 6 rings (SSSR count). The van der Waals surface area contributed by atoms with E-state index in [-0.39, 0.29) is 4.70 Å². The van der Waals surface area contributed by atoms with Crippen LogP contribution in [0.4, 0.5) is 4.70 Å². The average Bonchev–Trinajstić information content (AvgIpc) is 2.82. The molecule has 20 heavy (non-hydrogen) atoms. The molecule has 0 radical (unpaired) electrons. The second kappa shape index (κ2) is 3.80. The molecule has 1 spiro atoms. The van der Waals surface area contributed by atoms with Crippen molar-refractivity contribution in [2.45, 2.75) is 57.4 Å². The van der Waals surface area contributed by atoms with Gasteiger partial charge in [-0.1, -0.05) is 12.8 Å². The molecule has 7 bridgehead atoms. The lowest BCUT2D eigenvalue weighted by atomic mass is 9.49. The van der Waals surface area contributed by atoms with Crippen molar-refractivity contribution in [2.24, 2.45) is 46.8 Å². The Bertz CT molecular complexity index is 437. The van der Waals surface area contributed by atoms with Gasteiger partial charge in [0.2, 0.25) is 0 Å². The van der Waals surface area contributed by atoms with E-state index in [1.165, 1.54) is 12.5 Å². The monoisotopic (exact) mass is 277 g/mol. The van der Waals surface area contributed by atoms with Crippen molar-refractivity contribution in [3.05, 3.63) is 0 Å². The summed E-state index contributed by atoms with van der Waals surface area (Å²) in [6.07, 6.45) is 12.8. The van der Waals surface area contributed by atoms with Gasteiger partial charge in [-0.05, 0) is 91.9 Å². The molecule has 6 fully saturated rings. The zero-order valence-corrected chi connectivity index (χ0v) is 12.4. The molecule has 0 amide bonds. The van der Waals surface area contributed by atoms with E-state index in [2.05, 4.69) is 5.32 Å². The molecule has 5 aliphatic carbocycles. The van der Waals surface area contributed by atoms with Crippen LogP contribution in [0.1, 0.15) is 51.4 Å². The quantitative estimate of drug-likeness (QED) is 0.713. The Kier molecular flexibility index (Phi) is 2.36. The molecule has 2 heteroatoms. The fraction of sp³-hybridized carbons (Fsp3) is 1.00.